The molecule has 0 atom stereocenters. The zero-order valence-electron chi connectivity index (χ0n) is 13.0. The quantitative estimate of drug-likeness (QED) is 0.770. The smallest absolute Gasteiger partial charge is 0.308 e. The molecule has 1 aromatic carbocycles. The summed E-state index contributed by atoms with van der Waals surface area (Å²) in [5, 5.41) is 6.78. The number of benzene rings is 1. The van der Waals surface area contributed by atoms with E-state index in [1.807, 2.05) is 13.8 Å². The fourth-order valence-corrected chi connectivity index (χ4v) is 2.47. The van der Waals surface area contributed by atoms with Gasteiger partial charge in [-0.25, -0.2) is 4.98 Å². The number of rotatable bonds is 3. The summed E-state index contributed by atoms with van der Waals surface area (Å²) < 4.78 is 37.8. The minimum absolute atomic E-state index is 0.0898. The lowest BCUT2D eigenvalue weighted by Gasteiger charge is -2.07. The summed E-state index contributed by atoms with van der Waals surface area (Å²) in [7, 11) is 0. The molecule has 0 fully saturated rings. The van der Waals surface area contributed by atoms with E-state index >= 15 is 0 Å². The van der Waals surface area contributed by atoms with Crippen LogP contribution in [0, 0.1) is 0 Å². The lowest BCUT2D eigenvalue weighted by atomic mass is 10.1. The average Bonchev–Trinajstić information content (AvgIpc) is 2.91. The van der Waals surface area contributed by atoms with Gasteiger partial charge in [-0.15, -0.1) is 0 Å². The molecule has 0 saturated carbocycles. The molecule has 0 radical (unpaired) electrons. The van der Waals surface area contributed by atoms with Crippen LogP contribution in [-0.4, -0.2) is 20.2 Å². The Kier molecular flexibility index (Phi) is 3.90. The molecule has 0 aliphatic carbocycles. The SMILES string of the molecule is CC(C)c1n[nH]c2c(=O)[nH]c(Cc3ccc(C(F)(F)F)cc3)nc12. The Morgan fingerprint density at radius 3 is 2.42 bits per heavy atom. The third kappa shape index (κ3) is 3.04. The molecule has 0 spiro atoms. The van der Waals surface area contributed by atoms with Crippen LogP contribution >= 0.6 is 0 Å². The van der Waals surface area contributed by atoms with Gasteiger partial charge in [0.1, 0.15) is 16.9 Å². The van der Waals surface area contributed by atoms with E-state index in [-0.39, 0.29) is 17.9 Å². The van der Waals surface area contributed by atoms with Crippen molar-refractivity contribution < 1.29 is 13.2 Å². The van der Waals surface area contributed by atoms with Gasteiger partial charge in [-0.05, 0) is 23.6 Å². The molecule has 0 saturated heterocycles. The lowest BCUT2D eigenvalue weighted by Crippen LogP contribution is -2.12. The summed E-state index contributed by atoms with van der Waals surface area (Å²) in [4.78, 5) is 19.1. The number of aromatic nitrogens is 4. The predicted octanol–water partition coefficient (Wildman–Crippen LogP) is 3.38. The maximum atomic E-state index is 12.6. The Labute approximate surface area is 134 Å². The number of hydrogen-bond acceptors (Lipinski definition) is 3. The highest BCUT2D eigenvalue weighted by molar-refractivity contribution is 5.76. The van der Waals surface area contributed by atoms with E-state index in [2.05, 4.69) is 20.2 Å². The molecule has 0 aliphatic heterocycles. The van der Waals surface area contributed by atoms with Crippen LogP contribution in [0.3, 0.4) is 0 Å². The summed E-state index contributed by atoms with van der Waals surface area (Å²) in [6.45, 7) is 3.88. The van der Waals surface area contributed by atoms with Gasteiger partial charge >= 0.3 is 6.18 Å². The standard InChI is InChI=1S/C16H15F3N4O/c1-8(2)12-13-14(23-22-12)15(24)21-11(20-13)7-9-3-5-10(6-4-9)16(17,18)19/h3-6,8H,7H2,1-2H3,(H,22,23)(H,20,21,24). The molecule has 0 amide bonds. The van der Waals surface area contributed by atoms with Gasteiger partial charge in [0, 0.05) is 6.42 Å². The van der Waals surface area contributed by atoms with Crippen molar-refractivity contribution in [2.45, 2.75) is 32.4 Å². The normalized spacial score (nSPS) is 12.2. The molecule has 2 heterocycles. The van der Waals surface area contributed by atoms with Crippen molar-refractivity contribution in [2.24, 2.45) is 0 Å². The van der Waals surface area contributed by atoms with Crippen LogP contribution in [0.5, 0.6) is 0 Å². The molecule has 3 aromatic rings. The van der Waals surface area contributed by atoms with Gasteiger partial charge in [0.05, 0.1) is 11.3 Å². The van der Waals surface area contributed by atoms with Crippen molar-refractivity contribution in [3.63, 3.8) is 0 Å². The van der Waals surface area contributed by atoms with E-state index in [1.165, 1.54) is 12.1 Å². The number of nitrogens with zero attached hydrogens (tertiary/aromatic N) is 2. The minimum Gasteiger partial charge on any atom is -0.308 e. The van der Waals surface area contributed by atoms with E-state index in [9.17, 15) is 18.0 Å². The third-order valence-corrected chi connectivity index (χ3v) is 3.70. The average molecular weight is 336 g/mol. The highest BCUT2D eigenvalue weighted by atomic mass is 19.4. The molecule has 2 N–H and O–H groups in total. The Morgan fingerprint density at radius 2 is 1.83 bits per heavy atom. The minimum atomic E-state index is -4.37. The van der Waals surface area contributed by atoms with Crippen molar-refractivity contribution in [3.05, 3.63) is 57.3 Å². The third-order valence-electron chi connectivity index (χ3n) is 3.70. The molecule has 0 bridgehead atoms. The van der Waals surface area contributed by atoms with Crippen molar-refractivity contribution in [1.82, 2.24) is 20.2 Å². The topological polar surface area (TPSA) is 74.4 Å². The fraction of sp³-hybridized carbons (Fsp3) is 0.312. The van der Waals surface area contributed by atoms with Crippen LogP contribution in [0.25, 0.3) is 11.0 Å². The van der Waals surface area contributed by atoms with E-state index < -0.39 is 11.7 Å². The zero-order chi connectivity index (χ0) is 17.5. The number of aromatic amines is 2. The second-order valence-electron chi connectivity index (χ2n) is 5.87. The second kappa shape index (κ2) is 5.77. The molecule has 0 unspecified atom stereocenters. The largest absolute Gasteiger partial charge is 0.416 e. The number of alkyl halides is 3. The van der Waals surface area contributed by atoms with E-state index in [0.29, 0.717) is 28.1 Å². The van der Waals surface area contributed by atoms with Crippen molar-refractivity contribution in [3.8, 4) is 0 Å². The molecular weight excluding hydrogens is 321 g/mol. The Bertz CT molecular complexity index is 923. The zero-order valence-corrected chi connectivity index (χ0v) is 13.0. The molecule has 3 rings (SSSR count). The van der Waals surface area contributed by atoms with Gasteiger partial charge in [-0.3, -0.25) is 9.89 Å². The monoisotopic (exact) mass is 336 g/mol. The van der Waals surface area contributed by atoms with Crippen LogP contribution in [0.15, 0.2) is 29.1 Å². The predicted molar refractivity (Wildman–Crippen MR) is 82.8 cm³/mol. The van der Waals surface area contributed by atoms with Crippen LogP contribution in [-0.2, 0) is 12.6 Å². The Balaban J connectivity index is 1.95. The number of nitrogens with one attached hydrogen (secondary N) is 2. The first-order valence-electron chi connectivity index (χ1n) is 7.39. The second-order valence-corrected chi connectivity index (χ2v) is 5.87. The summed E-state index contributed by atoms with van der Waals surface area (Å²) in [6, 6.07) is 4.80. The highest BCUT2D eigenvalue weighted by Gasteiger charge is 2.29. The van der Waals surface area contributed by atoms with Crippen LogP contribution in [0.2, 0.25) is 0 Å². The van der Waals surface area contributed by atoms with Gasteiger partial charge in [-0.2, -0.15) is 18.3 Å². The van der Waals surface area contributed by atoms with Gasteiger partial charge < -0.3 is 4.98 Å². The number of hydrogen-bond donors (Lipinski definition) is 2. The highest BCUT2D eigenvalue weighted by Crippen LogP contribution is 2.29. The fourth-order valence-electron chi connectivity index (χ4n) is 2.47. The maximum absolute atomic E-state index is 12.6. The van der Waals surface area contributed by atoms with Crippen molar-refractivity contribution in [1.29, 1.82) is 0 Å². The maximum Gasteiger partial charge on any atom is 0.416 e. The Morgan fingerprint density at radius 1 is 1.17 bits per heavy atom. The van der Waals surface area contributed by atoms with E-state index in [1.54, 1.807) is 0 Å². The molecule has 5 nitrogen and oxygen atoms in total. The van der Waals surface area contributed by atoms with Gasteiger partial charge in [0.25, 0.3) is 5.56 Å². The van der Waals surface area contributed by atoms with Gasteiger partial charge in [-0.1, -0.05) is 26.0 Å². The Hall–Kier alpha value is -2.64. The van der Waals surface area contributed by atoms with Crippen LogP contribution in [0.4, 0.5) is 13.2 Å². The first-order valence-corrected chi connectivity index (χ1v) is 7.39. The number of fused-ring (bicyclic) bond motifs is 1. The molecular formula is C16H15F3N4O. The first kappa shape index (κ1) is 16.2. The van der Waals surface area contributed by atoms with E-state index in [0.717, 1.165) is 12.1 Å². The van der Waals surface area contributed by atoms with Gasteiger partial charge in [0.15, 0.2) is 0 Å². The molecule has 24 heavy (non-hydrogen) atoms. The molecule has 8 heteroatoms. The van der Waals surface area contributed by atoms with Crippen molar-refractivity contribution >= 4 is 11.0 Å². The van der Waals surface area contributed by atoms with E-state index in [4.69, 9.17) is 0 Å². The van der Waals surface area contributed by atoms with Gasteiger partial charge in [0.2, 0.25) is 0 Å². The summed E-state index contributed by atoms with van der Waals surface area (Å²) in [6.07, 6.45) is -4.14. The number of H-pyrrole nitrogens is 2. The molecule has 2 aromatic heterocycles. The molecule has 0 aliphatic rings. The van der Waals surface area contributed by atoms with Crippen LogP contribution < -0.4 is 5.56 Å². The van der Waals surface area contributed by atoms with Crippen LogP contribution in [0.1, 0.15) is 42.4 Å². The van der Waals surface area contributed by atoms with Crippen molar-refractivity contribution in [2.75, 3.05) is 0 Å². The molecule has 126 valence electrons. The lowest BCUT2D eigenvalue weighted by molar-refractivity contribution is -0.137. The number of halogens is 3. The summed E-state index contributed by atoms with van der Waals surface area (Å²) >= 11 is 0. The summed E-state index contributed by atoms with van der Waals surface area (Å²) in [5.74, 6) is 0.475. The first-order chi connectivity index (χ1) is 11.3. The summed E-state index contributed by atoms with van der Waals surface area (Å²) in [5.41, 5.74) is 1.05.